The van der Waals surface area contributed by atoms with Crippen LogP contribution in [0.15, 0.2) is 57.7 Å². The first-order valence-electron chi connectivity index (χ1n) is 13.4. The third-order valence-electron chi connectivity index (χ3n) is 6.23. The number of nitrogens with one attached hydrogen (secondary N) is 2. The van der Waals surface area contributed by atoms with Gasteiger partial charge in [0.15, 0.2) is 0 Å². The Morgan fingerprint density at radius 2 is 1.90 bits per heavy atom. The lowest BCUT2D eigenvalue weighted by atomic mass is 9.99. The smallest absolute Gasteiger partial charge is 0.222 e. The zero-order chi connectivity index (χ0) is 29.5. The summed E-state index contributed by atoms with van der Waals surface area (Å²) in [7, 11) is 1.89. The van der Waals surface area contributed by atoms with Crippen LogP contribution in [0.1, 0.15) is 59.1 Å². The second-order valence-electron chi connectivity index (χ2n) is 10.8. The number of carbonyl (C=O) groups is 1. The number of carbonyl (C=O) groups excluding carboxylic acids is 1. The predicted octanol–water partition coefficient (Wildman–Crippen LogP) is 5.06. The van der Waals surface area contributed by atoms with Crippen molar-refractivity contribution >= 4 is 41.5 Å². The number of hydrogen-bond acceptors (Lipinski definition) is 7. The minimum absolute atomic E-state index is 0.0684. The number of likely N-dealkylation sites (N-methyl/N-ethyl adjacent to an activating group) is 1. The fraction of sp³-hybridized carbons (Fsp3) is 0.467. The highest BCUT2D eigenvalue weighted by Gasteiger charge is 2.32. The molecule has 1 amide bonds. The summed E-state index contributed by atoms with van der Waals surface area (Å²) < 4.78 is 12.7. The van der Waals surface area contributed by atoms with Crippen LogP contribution < -0.4 is 20.3 Å². The van der Waals surface area contributed by atoms with Crippen LogP contribution in [0.25, 0.3) is 0 Å². The zero-order valence-corrected chi connectivity index (χ0v) is 25.3. The van der Waals surface area contributed by atoms with E-state index >= 15 is 0 Å². The summed E-state index contributed by atoms with van der Waals surface area (Å²) in [6.45, 7) is 16.7. The fourth-order valence-electron chi connectivity index (χ4n) is 4.93. The number of ether oxygens (including phenoxy) is 2. The normalized spacial score (nSPS) is 16.1. The average Bonchev–Trinajstić information content (AvgIpc) is 3.00. The monoisotopic (exact) mass is 568 g/mol. The molecule has 0 aromatic heterocycles. The Balaban J connectivity index is 2.15. The van der Waals surface area contributed by atoms with E-state index in [1.807, 2.05) is 96.0 Å². The Kier molecular flexibility index (Phi) is 10.5. The Hall–Kier alpha value is -3.27. The molecule has 0 spiro atoms. The Morgan fingerprint density at radius 1 is 1.20 bits per heavy atom. The molecule has 1 aliphatic rings. The number of amidine groups is 1. The van der Waals surface area contributed by atoms with Crippen molar-refractivity contribution in [3.63, 3.8) is 0 Å². The summed E-state index contributed by atoms with van der Waals surface area (Å²) in [6, 6.07) is 13.0. The standard InChI is InChI=1S/C30H41ClN6O3/c1-9-34-27(38)16-23-18-37(20(2)36-33-8)26-15-14-24(39-30(5,6)40-29(3,4)19-32-7)17-25(26)28(35-23)21-10-12-22(31)13-11-21/h10-15,17,23,32H,8-9,16,18-19H2,1-7H3,(H,34,38)/b36-20-/t23-/m0/s1. The molecule has 0 radical (unpaired) electrons. The summed E-state index contributed by atoms with van der Waals surface area (Å²) in [6.07, 6.45) is 0.217. The number of anilines is 1. The molecule has 3 rings (SSSR count). The van der Waals surface area contributed by atoms with Crippen molar-refractivity contribution < 1.29 is 14.3 Å². The lowest BCUT2D eigenvalue weighted by Crippen LogP contribution is -2.46. The van der Waals surface area contributed by atoms with Crippen LogP contribution in [0.4, 0.5) is 5.69 Å². The summed E-state index contributed by atoms with van der Waals surface area (Å²) in [4.78, 5) is 19.8. The van der Waals surface area contributed by atoms with Crippen molar-refractivity contribution in [2.75, 3.05) is 31.6 Å². The van der Waals surface area contributed by atoms with E-state index < -0.39 is 11.4 Å². The van der Waals surface area contributed by atoms with Gasteiger partial charge in [0.25, 0.3) is 0 Å². The Bertz CT molecular complexity index is 1260. The highest BCUT2D eigenvalue weighted by Crippen LogP contribution is 2.34. The van der Waals surface area contributed by atoms with Crippen molar-refractivity contribution in [3.8, 4) is 5.75 Å². The van der Waals surface area contributed by atoms with Crippen LogP contribution in [0.5, 0.6) is 5.75 Å². The minimum Gasteiger partial charge on any atom is -0.463 e. The zero-order valence-electron chi connectivity index (χ0n) is 24.5. The van der Waals surface area contributed by atoms with Crippen LogP contribution >= 0.6 is 11.6 Å². The van der Waals surface area contributed by atoms with Crippen molar-refractivity contribution in [2.24, 2.45) is 15.2 Å². The highest BCUT2D eigenvalue weighted by atomic mass is 35.5. The molecule has 1 atom stereocenters. The van der Waals surface area contributed by atoms with Gasteiger partial charge in [0.1, 0.15) is 11.6 Å². The van der Waals surface area contributed by atoms with Gasteiger partial charge in [-0.1, -0.05) is 23.7 Å². The lowest BCUT2D eigenvalue weighted by molar-refractivity contribution is -0.217. The van der Waals surface area contributed by atoms with Crippen LogP contribution in [0.3, 0.4) is 0 Å². The van der Waals surface area contributed by atoms with Gasteiger partial charge in [-0.15, -0.1) is 5.10 Å². The quantitative estimate of drug-likeness (QED) is 0.171. The second kappa shape index (κ2) is 13.4. The van der Waals surface area contributed by atoms with Crippen molar-refractivity contribution in [3.05, 3.63) is 58.6 Å². The van der Waals surface area contributed by atoms with E-state index in [9.17, 15) is 4.79 Å². The Labute approximate surface area is 242 Å². The maximum absolute atomic E-state index is 12.6. The SMILES string of the molecule is C=N/N=C(/C)N1C[C@H](CC(=O)NCC)N=C(c2ccc(Cl)cc2)c2cc(OC(C)(C)OC(C)(C)CNC)ccc21. The lowest BCUT2D eigenvalue weighted by Gasteiger charge is -2.36. The van der Waals surface area contributed by atoms with E-state index in [0.717, 1.165) is 22.5 Å². The maximum atomic E-state index is 12.6. The number of nitrogens with zero attached hydrogens (tertiary/aromatic N) is 4. The van der Waals surface area contributed by atoms with Gasteiger partial charge in [0.05, 0.1) is 29.5 Å². The summed E-state index contributed by atoms with van der Waals surface area (Å²) in [5.74, 6) is 0.267. The molecule has 1 aliphatic heterocycles. The highest BCUT2D eigenvalue weighted by molar-refractivity contribution is 6.30. The van der Waals surface area contributed by atoms with Gasteiger partial charge >= 0.3 is 0 Å². The molecule has 2 aromatic carbocycles. The molecular weight excluding hydrogens is 528 g/mol. The minimum atomic E-state index is -0.915. The molecular formula is C30H41ClN6O3. The van der Waals surface area contributed by atoms with Crippen LogP contribution in [-0.2, 0) is 9.53 Å². The topological polar surface area (TPSA) is 99.9 Å². The van der Waals surface area contributed by atoms with Crippen LogP contribution in [0, 0.1) is 0 Å². The molecule has 0 bridgehead atoms. The fourth-order valence-corrected chi connectivity index (χ4v) is 5.06. The first-order valence-corrected chi connectivity index (χ1v) is 13.8. The van der Waals surface area contributed by atoms with Gasteiger partial charge < -0.3 is 25.0 Å². The average molecular weight is 569 g/mol. The summed E-state index contributed by atoms with van der Waals surface area (Å²) >= 11 is 6.22. The number of amides is 1. The van der Waals surface area contributed by atoms with Gasteiger partial charge in [-0.2, -0.15) is 5.10 Å². The van der Waals surface area contributed by atoms with Crippen LogP contribution in [-0.4, -0.2) is 68.3 Å². The molecule has 0 saturated carbocycles. The van der Waals surface area contributed by atoms with Crippen LogP contribution in [0.2, 0.25) is 5.02 Å². The van der Waals surface area contributed by atoms with Crippen molar-refractivity contribution in [1.82, 2.24) is 10.6 Å². The number of halogens is 1. The van der Waals surface area contributed by atoms with Gasteiger partial charge in [-0.3, -0.25) is 9.79 Å². The predicted molar refractivity (Wildman–Crippen MR) is 164 cm³/mol. The van der Waals surface area contributed by atoms with Gasteiger partial charge in [0, 0.05) is 56.3 Å². The number of hydrogen-bond donors (Lipinski definition) is 2. The van der Waals surface area contributed by atoms with E-state index in [2.05, 4.69) is 27.6 Å². The summed E-state index contributed by atoms with van der Waals surface area (Å²) in [5, 5.41) is 14.6. The molecule has 2 aromatic rings. The number of aliphatic imine (C=N–C) groups is 1. The third kappa shape index (κ3) is 8.36. The molecule has 10 heteroatoms. The van der Waals surface area contributed by atoms with Crippen molar-refractivity contribution in [2.45, 2.75) is 65.4 Å². The van der Waals surface area contributed by atoms with Gasteiger partial charge in [0.2, 0.25) is 11.7 Å². The maximum Gasteiger partial charge on any atom is 0.222 e. The molecule has 216 valence electrons. The van der Waals surface area contributed by atoms with E-state index in [1.54, 1.807) is 0 Å². The number of benzene rings is 2. The first kappa shape index (κ1) is 31.3. The molecule has 2 N–H and O–H groups in total. The van der Waals surface area contributed by atoms with Gasteiger partial charge in [-0.25, -0.2) is 0 Å². The second-order valence-corrected chi connectivity index (χ2v) is 11.2. The largest absolute Gasteiger partial charge is 0.463 e. The molecule has 0 saturated heterocycles. The van der Waals surface area contributed by atoms with E-state index in [-0.39, 0.29) is 18.4 Å². The van der Waals surface area contributed by atoms with E-state index in [1.165, 1.54) is 0 Å². The Morgan fingerprint density at radius 3 is 2.52 bits per heavy atom. The third-order valence-corrected chi connectivity index (χ3v) is 6.48. The number of fused-ring (bicyclic) bond motifs is 1. The molecule has 9 nitrogen and oxygen atoms in total. The van der Waals surface area contributed by atoms with E-state index in [4.69, 9.17) is 26.1 Å². The molecule has 40 heavy (non-hydrogen) atoms. The molecule has 0 aliphatic carbocycles. The molecule has 1 heterocycles. The number of rotatable bonds is 11. The molecule has 0 fully saturated rings. The summed E-state index contributed by atoms with van der Waals surface area (Å²) in [5.41, 5.74) is 2.82. The first-order chi connectivity index (χ1) is 18.9. The van der Waals surface area contributed by atoms with Crippen molar-refractivity contribution in [1.29, 1.82) is 0 Å². The van der Waals surface area contributed by atoms with Gasteiger partial charge in [-0.05, 0) is 65.1 Å². The number of benzodiazepines with no additional fused rings is 1. The molecule has 0 unspecified atom stereocenters. The van der Waals surface area contributed by atoms with E-state index in [0.29, 0.717) is 36.2 Å².